The second kappa shape index (κ2) is 12.0. The highest BCUT2D eigenvalue weighted by Gasteiger charge is 2.52. The molecule has 32 heavy (non-hydrogen) atoms. The lowest BCUT2D eigenvalue weighted by atomic mass is 9.89. The molecule has 2 aliphatic rings. The Morgan fingerprint density at radius 1 is 1.09 bits per heavy atom. The first-order valence-electron chi connectivity index (χ1n) is 11.6. The number of anilines is 1. The number of hydrogen-bond acceptors (Lipinski definition) is 6. The zero-order chi connectivity index (χ0) is 23.8. The topological polar surface area (TPSA) is 47.0 Å². The molecule has 0 bridgehead atoms. The molecular weight excluding hydrogens is 416 g/mol. The molecule has 4 rings (SSSR count). The molecule has 0 amide bonds. The molecule has 1 aromatic carbocycles. The first-order valence-corrected chi connectivity index (χ1v) is 12.4. The fourth-order valence-electron chi connectivity index (χ4n) is 3.38. The van der Waals surface area contributed by atoms with Gasteiger partial charge in [-0.05, 0) is 84.4 Å². The second-order valence-corrected chi connectivity index (χ2v) is 9.58. The van der Waals surface area contributed by atoms with E-state index < -0.39 is 0 Å². The monoisotopic (exact) mass is 453 g/mol. The molecule has 8 heteroatoms. The third-order valence-corrected chi connectivity index (χ3v) is 6.95. The van der Waals surface area contributed by atoms with Crippen LogP contribution in [0.4, 0.5) is 5.69 Å². The van der Waals surface area contributed by atoms with Crippen LogP contribution in [-0.4, -0.2) is 56.9 Å². The molecule has 2 fully saturated rings. The molecule has 0 atom stereocenters. The van der Waals surface area contributed by atoms with E-state index in [1.165, 1.54) is 31.6 Å². The lowest BCUT2D eigenvalue weighted by molar-refractivity contribution is 0.00578. The fourth-order valence-corrected chi connectivity index (χ4v) is 4.26. The van der Waals surface area contributed by atoms with E-state index in [0.29, 0.717) is 6.44 Å². The van der Waals surface area contributed by atoms with E-state index in [4.69, 9.17) is 17.2 Å². The molecule has 0 saturated carbocycles. The molecule has 3 heterocycles. The lowest BCUT2D eigenvalue weighted by Gasteiger charge is -2.32. The van der Waals surface area contributed by atoms with Crippen molar-refractivity contribution < 1.29 is 9.31 Å². The van der Waals surface area contributed by atoms with Gasteiger partial charge in [0.2, 0.25) is 0 Å². The second-order valence-electron chi connectivity index (χ2n) is 8.52. The molecule has 2 saturated heterocycles. The van der Waals surface area contributed by atoms with E-state index in [1.807, 2.05) is 27.0 Å². The van der Waals surface area contributed by atoms with E-state index >= 15 is 0 Å². The zero-order valence-corrected chi connectivity index (χ0v) is 21.5. The van der Waals surface area contributed by atoms with E-state index in [2.05, 4.69) is 66.8 Å². The van der Waals surface area contributed by atoms with Crippen LogP contribution in [0.5, 0.6) is 0 Å². The molecule has 5 nitrogen and oxygen atoms in total. The number of nitrogens with zero attached hydrogens (tertiary/aromatic N) is 3. The number of hydrogen-bond donors (Lipinski definition) is 0. The fraction of sp³-hybridized carbons (Fsp3) is 0.583. The number of benzene rings is 1. The molecule has 172 valence electrons. The van der Waals surface area contributed by atoms with Crippen LogP contribution in [0.2, 0.25) is 0 Å². The molecular formula is C24H37B2N3O2S. The molecule has 0 spiro atoms. The molecule has 2 aromatic rings. The summed E-state index contributed by atoms with van der Waals surface area (Å²) in [6, 6.07) is 8.74. The van der Waals surface area contributed by atoms with Gasteiger partial charge in [-0.15, -0.1) is 11.3 Å². The Balaban J connectivity index is 0.000000460. The summed E-state index contributed by atoms with van der Waals surface area (Å²) in [6.07, 6.45) is 6.57. The van der Waals surface area contributed by atoms with Gasteiger partial charge in [-0.2, -0.15) is 0 Å². The van der Waals surface area contributed by atoms with Gasteiger partial charge in [0.25, 0.3) is 0 Å². The van der Waals surface area contributed by atoms with Crippen molar-refractivity contribution >= 4 is 43.0 Å². The normalized spacial score (nSPS) is 18.8. The maximum absolute atomic E-state index is 6.13. The van der Waals surface area contributed by atoms with Crippen LogP contribution < -0.4 is 9.68 Å². The highest BCUT2D eigenvalue weighted by molar-refractivity contribution is 7.24. The van der Waals surface area contributed by atoms with Crippen LogP contribution in [0, 0.1) is 0 Å². The lowest BCUT2D eigenvalue weighted by Crippen LogP contribution is -2.41. The predicted octanol–water partition coefficient (Wildman–Crippen LogP) is 4.94. The third-order valence-electron chi connectivity index (χ3n) is 5.88. The van der Waals surface area contributed by atoms with E-state index in [-0.39, 0.29) is 18.3 Å². The van der Waals surface area contributed by atoms with Crippen LogP contribution in [0.3, 0.4) is 0 Å². The number of thiazole rings is 1. The van der Waals surface area contributed by atoms with Crippen LogP contribution in [0.25, 0.3) is 10.6 Å². The summed E-state index contributed by atoms with van der Waals surface area (Å²) in [7, 11) is 4.61. The van der Waals surface area contributed by atoms with Gasteiger partial charge in [0.1, 0.15) is 5.01 Å². The zero-order valence-electron chi connectivity index (χ0n) is 20.7. The van der Waals surface area contributed by atoms with E-state index in [9.17, 15) is 0 Å². The van der Waals surface area contributed by atoms with Crippen molar-refractivity contribution in [3.05, 3.63) is 30.5 Å². The van der Waals surface area contributed by atoms with Crippen molar-refractivity contribution in [2.45, 2.75) is 72.5 Å². The van der Waals surface area contributed by atoms with Crippen molar-refractivity contribution in [3.63, 3.8) is 0 Å². The van der Waals surface area contributed by atoms with Crippen LogP contribution >= 0.6 is 11.3 Å². The van der Waals surface area contributed by atoms with E-state index in [0.717, 1.165) is 15.3 Å². The third kappa shape index (κ3) is 6.46. The number of aliphatic imine (C=N–C) groups is 1. The SMILES string of the molecule is CC.CC1(C)OB(c2cnc(-c3ccc(N4CCCC4)cc3)s2)OC1(C)C.[B]C/N=C\C. The molecule has 0 aliphatic carbocycles. The Hall–Kier alpha value is -1.63. The average Bonchev–Trinajstić information content (AvgIpc) is 3.51. The minimum absolute atomic E-state index is 0.320. The van der Waals surface area contributed by atoms with E-state index in [1.54, 1.807) is 17.6 Å². The summed E-state index contributed by atoms with van der Waals surface area (Å²) >= 11 is 1.65. The predicted molar refractivity (Wildman–Crippen MR) is 141 cm³/mol. The van der Waals surface area contributed by atoms with Crippen molar-refractivity contribution in [1.82, 2.24) is 4.98 Å². The summed E-state index contributed by atoms with van der Waals surface area (Å²) in [5, 5.41) is 1.01. The number of aromatic nitrogens is 1. The van der Waals surface area contributed by atoms with Crippen LogP contribution in [0.1, 0.15) is 61.3 Å². The van der Waals surface area contributed by atoms with Crippen LogP contribution in [0.15, 0.2) is 35.5 Å². The average molecular weight is 453 g/mol. The van der Waals surface area contributed by atoms with Gasteiger partial charge in [-0.25, -0.2) is 4.98 Å². The van der Waals surface area contributed by atoms with Gasteiger partial charge in [0, 0.05) is 30.5 Å². The van der Waals surface area contributed by atoms with Crippen LogP contribution in [-0.2, 0) is 9.31 Å². The van der Waals surface area contributed by atoms with Gasteiger partial charge in [0.15, 0.2) is 0 Å². The Morgan fingerprint density at radius 2 is 1.66 bits per heavy atom. The Morgan fingerprint density at radius 3 is 2.12 bits per heavy atom. The summed E-state index contributed by atoms with van der Waals surface area (Å²) in [5.74, 6) is 0. The van der Waals surface area contributed by atoms with Gasteiger partial charge in [0.05, 0.1) is 23.8 Å². The van der Waals surface area contributed by atoms with Gasteiger partial charge in [-0.1, -0.05) is 13.8 Å². The first-order chi connectivity index (χ1) is 15.3. The highest BCUT2D eigenvalue weighted by Crippen LogP contribution is 2.37. The summed E-state index contributed by atoms with van der Waals surface area (Å²) in [4.78, 5) is 10.7. The molecule has 2 radical (unpaired) electrons. The molecule has 1 aromatic heterocycles. The first kappa shape index (κ1) is 26.6. The van der Waals surface area contributed by atoms with Crippen molar-refractivity contribution in [2.75, 3.05) is 24.4 Å². The smallest absolute Gasteiger partial charge is 0.399 e. The van der Waals surface area contributed by atoms with Crippen molar-refractivity contribution in [1.29, 1.82) is 0 Å². The maximum Gasteiger partial charge on any atom is 0.507 e. The van der Waals surface area contributed by atoms with Gasteiger partial charge < -0.3 is 19.2 Å². The summed E-state index contributed by atoms with van der Waals surface area (Å²) in [5.41, 5.74) is 1.82. The highest BCUT2D eigenvalue weighted by atomic mass is 32.1. The maximum atomic E-state index is 6.13. The molecule has 0 N–H and O–H groups in total. The Labute approximate surface area is 200 Å². The Kier molecular flexibility index (Phi) is 9.99. The largest absolute Gasteiger partial charge is 0.507 e. The quantitative estimate of drug-likeness (QED) is 0.486. The van der Waals surface area contributed by atoms with Crippen molar-refractivity contribution in [2.24, 2.45) is 4.99 Å². The Bertz CT molecular complexity index is 831. The summed E-state index contributed by atoms with van der Waals surface area (Å²) in [6.45, 7) is 16.5. The van der Waals surface area contributed by atoms with Gasteiger partial charge >= 0.3 is 7.12 Å². The minimum Gasteiger partial charge on any atom is -0.399 e. The number of rotatable bonds is 4. The van der Waals surface area contributed by atoms with Gasteiger partial charge in [-0.3, -0.25) is 0 Å². The minimum atomic E-state index is -0.333. The standard InChI is InChI=1S/C19H25BN2O2S.C3H6BN.C2H6/c1-18(2)19(3,4)24-20(23-18)16-13-21-17(25-16)14-7-9-15(10-8-14)22-11-5-6-12-22;1-2-5-3-4;1-2/h7-10,13H,5-6,11-12H2,1-4H3;2H,3H2,1H3;1-2H3/b;5-2-;. The summed E-state index contributed by atoms with van der Waals surface area (Å²) < 4.78 is 13.3. The molecule has 0 unspecified atom stereocenters. The molecule has 2 aliphatic heterocycles. The van der Waals surface area contributed by atoms with Crippen molar-refractivity contribution in [3.8, 4) is 10.6 Å².